The van der Waals surface area contributed by atoms with E-state index in [4.69, 9.17) is 9.47 Å². The van der Waals surface area contributed by atoms with E-state index in [1.54, 1.807) is 12.0 Å². The average molecular weight is 418 g/mol. The third-order valence-corrected chi connectivity index (χ3v) is 5.63. The Balaban J connectivity index is 1.44. The summed E-state index contributed by atoms with van der Waals surface area (Å²) in [5.41, 5.74) is -0.0901. The first-order valence-corrected chi connectivity index (χ1v) is 10.4. The minimum atomic E-state index is -0.348. The van der Waals surface area contributed by atoms with Gasteiger partial charge in [0.15, 0.2) is 6.61 Å². The van der Waals surface area contributed by atoms with Crippen molar-refractivity contribution >= 4 is 5.91 Å². The Bertz CT molecular complexity index is 935. The van der Waals surface area contributed by atoms with Gasteiger partial charge in [0.05, 0.1) is 13.2 Å². The molecular formula is C21H27FN4O4. The van der Waals surface area contributed by atoms with E-state index in [2.05, 4.69) is 5.10 Å². The number of ether oxygens (including phenoxy) is 2. The molecular weight excluding hydrogens is 391 g/mol. The number of methoxy groups -OCH3 is 1. The van der Waals surface area contributed by atoms with Crippen LogP contribution in [0.5, 0.6) is 5.75 Å². The number of halogens is 1. The average Bonchev–Trinajstić information content (AvgIpc) is 3.55. The molecule has 2 aliphatic rings. The van der Waals surface area contributed by atoms with E-state index in [1.165, 1.54) is 28.9 Å². The van der Waals surface area contributed by atoms with Crippen LogP contribution in [0.2, 0.25) is 0 Å². The second-order valence-electron chi connectivity index (χ2n) is 7.88. The van der Waals surface area contributed by atoms with E-state index < -0.39 is 0 Å². The van der Waals surface area contributed by atoms with Gasteiger partial charge >= 0.3 is 5.69 Å². The molecule has 8 nitrogen and oxygen atoms in total. The first-order chi connectivity index (χ1) is 14.6. The van der Waals surface area contributed by atoms with E-state index in [9.17, 15) is 14.0 Å². The molecule has 2 heterocycles. The highest BCUT2D eigenvalue weighted by Crippen LogP contribution is 2.37. The fraction of sp³-hybridized carbons (Fsp3) is 0.571. The highest BCUT2D eigenvalue weighted by Gasteiger charge is 2.35. The van der Waals surface area contributed by atoms with Crippen molar-refractivity contribution in [2.75, 3.05) is 33.4 Å². The zero-order chi connectivity index (χ0) is 21.1. The molecule has 1 unspecified atom stereocenters. The maximum Gasteiger partial charge on any atom is 0.346 e. The van der Waals surface area contributed by atoms with Crippen LogP contribution in [0.15, 0.2) is 29.1 Å². The number of hydrogen-bond acceptors (Lipinski definition) is 5. The molecule has 1 saturated carbocycles. The van der Waals surface area contributed by atoms with Gasteiger partial charge in [-0.05, 0) is 49.9 Å². The smallest absolute Gasteiger partial charge is 0.346 e. The summed E-state index contributed by atoms with van der Waals surface area (Å²) >= 11 is 0. The molecule has 0 bridgehead atoms. The second-order valence-corrected chi connectivity index (χ2v) is 7.88. The summed E-state index contributed by atoms with van der Waals surface area (Å²) < 4.78 is 26.9. The molecule has 0 N–H and O–H groups in total. The van der Waals surface area contributed by atoms with Crippen molar-refractivity contribution in [1.82, 2.24) is 19.2 Å². The molecule has 1 aliphatic heterocycles. The van der Waals surface area contributed by atoms with Crippen molar-refractivity contribution in [2.24, 2.45) is 0 Å². The Morgan fingerprint density at radius 2 is 2.00 bits per heavy atom. The number of hydrogen-bond donors (Lipinski definition) is 0. The predicted molar refractivity (Wildman–Crippen MR) is 107 cm³/mol. The van der Waals surface area contributed by atoms with Gasteiger partial charge in [0.25, 0.3) is 5.91 Å². The normalized spacial score (nSPS) is 19.1. The number of piperidine rings is 1. The van der Waals surface area contributed by atoms with Crippen molar-refractivity contribution < 1.29 is 18.7 Å². The molecule has 162 valence electrons. The lowest BCUT2D eigenvalue weighted by atomic mass is 9.97. The Kier molecular flexibility index (Phi) is 6.17. The summed E-state index contributed by atoms with van der Waals surface area (Å²) in [5.74, 6) is 0.779. The van der Waals surface area contributed by atoms with Crippen LogP contribution < -0.4 is 10.4 Å². The van der Waals surface area contributed by atoms with E-state index in [0.717, 1.165) is 31.5 Å². The zero-order valence-corrected chi connectivity index (χ0v) is 17.1. The van der Waals surface area contributed by atoms with Crippen molar-refractivity contribution in [1.29, 1.82) is 0 Å². The molecule has 0 radical (unpaired) electrons. The molecule has 0 spiro atoms. The van der Waals surface area contributed by atoms with Gasteiger partial charge in [-0.25, -0.2) is 13.9 Å². The maximum absolute atomic E-state index is 13.0. The molecule has 30 heavy (non-hydrogen) atoms. The van der Waals surface area contributed by atoms with Crippen LogP contribution in [0.4, 0.5) is 4.39 Å². The van der Waals surface area contributed by atoms with Gasteiger partial charge in [0.2, 0.25) is 0 Å². The maximum atomic E-state index is 13.0. The Morgan fingerprint density at radius 1 is 1.23 bits per heavy atom. The molecule has 1 aromatic heterocycles. The standard InChI is InChI=1S/C21H27FN4O4/c1-29-12-11-25-21(28)26(17-6-7-17)20(23-25)15-3-2-10-24(13-15)19(27)14-30-18-8-4-16(22)5-9-18/h4-5,8-9,15,17H,2-3,6-7,10-14H2,1H3. The summed E-state index contributed by atoms with van der Waals surface area (Å²) in [6, 6.07) is 5.82. The highest BCUT2D eigenvalue weighted by molar-refractivity contribution is 5.78. The van der Waals surface area contributed by atoms with Crippen LogP contribution in [0.1, 0.15) is 43.5 Å². The number of benzene rings is 1. The van der Waals surface area contributed by atoms with Crippen molar-refractivity contribution in [2.45, 2.75) is 44.2 Å². The third-order valence-electron chi connectivity index (χ3n) is 5.63. The lowest BCUT2D eigenvalue weighted by molar-refractivity contribution is -0.134. The van der Waals surface area contributed by atoms with Crippen molar-refractivity contribution in [3.63, 3.8) is 0 Å². The number of carbonyl (C=O) groups is 1. The molecule has 1 amide bonds. The number of amides is 1. The number of likely N-dealkylation sites (tertiary alicyclic amines) is 1. The van der Waals surface area contributed by atoms with Crippen LogP contribution >= 0.6 is 0 Å². The molecule has 1 aromatic carbocycles. The van der Waals surface area contributed by atoms with Gasteiger partial charge in [0.1, 0.15) is 17.4 Å². The number of nitrogens with zero attached hydrogens (tertiary/aromatic N) is 4. The number of aromatic nitrogens is 3. The summed E-state index contributed by atoms with van der Waals surface area (Å²) in [7, 11) is 1.60. The Labute approximate surface area is 174 Å². The first-order valence-electron chi connectivity index (χ1n) is 10.4. The van der Waals surface area contributed by atoms with Gasteiger partial charge in [-0.1, -0.05) is 0 Å². The van der Waals surface area contributed by atoms with Crippen LogP contribution in [0.25, 0.3) is 0 Å². The quantitative estimate of drug-likeness (QED) is 0.655. The third kappa shape index (κ3) is 4.56. The Morgan fingerprint density at radius 3 is 2.70 bits per heavy atom. The Hall–Kier alpha value is -2.68. The zero-order valence-electron chi connectivity index (χ0n) is 17.1. The second kappa shape index (κ2) is 8.99. The minimum Gasteiger partial charge on any atom is -0.484 e. The van der Waals surface area contributed by atoms with Gasteiger partial charge in [0, 0.05) is 32.2 Å². The largest absolute Gasteiger partial charge is 0.484 e. The predicted octanol–water partition coefficient (Wildman–Crippen LogP) is 1.95. The molecule has 4 rings (SSSR count). The summed E-state index contributed by atoms with van der Waals surface area (Å²) in [6.45, 7) is 1.91. The van der Waals surface area contributed by atoms with Crippen molar-refractivity contribution in [3.8, 4) is 5.75 Å². The number of rotatable bonds is 8. The molecule has 1 saturated heterocycles. The topological polar surface area (TPSA) is 78.6 Å². The van der Waals surface area contributed by atoms with Gasteiger partial charge in [-0.3, -0.25) is 9.36 Å². The lowest BCUT2D eigenvalue weighted by Gasteiger charge is -2.32. The molecule has 2 aromatic rings. The molecule has 2 fully saturated rings. The van der Waals surface area contributed by atoms with E-state index in [-0.39, 0.29) is 36.0 Å². The van der Waals surface area contributed by atoms with E-state index in [1.807, 2.05) is 4.57 Å². The van der Waals surface area contributed by atoms with E-state index in [0.29, 0.717) is 32.0 Å². The molecule has 1 atom stereocenters. The van der Waals surface area contributed by atoms with Crippen LogP contribution in [-0.2, 0) is 16.1 Å². The van der Waals surface area contributed by atoms with Crippen LogP contribution in [0.3, 0.4) is 0 Å². The van der Waals surface area contributed by atoms with E-state index >= 15 is 0 Å². The summed E-state index contributed by atoms with van der Waals surface area (Å²) in [5, 5.41) is 4.61. The lowest BCUT2D eigenvalue weighted by Crippen LogP contribution is -2.42. The highest BCUT2D eigenvalue weighted by atomic mass is 19.1. The van der Waals surface area contributed by atoms with Gasteiger partial charge in [-0.2, -0.15) is 5.10 Å². The number of carbonyl (C=O) groups excluding carboxylic acids is 1. The monoisotopic (exact) mass is 418 g/mol. The summed E-state index contributed by atoms with van der Waals surface area (Å²) in [6.07, 6.45) is 3.71. The van der Waals surface area contributed by atoms with Crippen LogP contribution in [0, 0.1) is 5.82 Å². The fourth-order valence-electron chi connectivity index (χ4n) is 3.90. The molecule has 9 heteroatoms. The van der Waals surface area contributed by atoms with Crippen LogP contribution in [-0.4, -0.2) is 58.6 Å². The van der Waals surface area contributed by atoms with Crippen molar-refractivity contribution in [3.05, 3.63) is 46.4 Å². The summed E-state index contributed by atoms with van der Waals surface area (Å²) in [4.78, 5) is 27.2. The van der Waals surface area contributed by atoms with Gasteiger partial charge < -0.3 is 14.4 Å². The SMILES string of the molecule is COCCn1nc(C2CCCN(C(=O)COc3ccc(F)cc3)C2)n(C2CC2)c1=O. The molecule has 1 aliphatic carbocycles. The minimum absolute atomic E-state index is 0.0191. The first kappa shape index (κ1) is 20.6. The van der Waals surface area contributed by atoms with Gasteiger partial charge in [-0.15, -0.1) is 0 Å². The fourth-order valence-corrected chi connectivity index (χ4v) is 3.90.